The van der Waals surface area contributed by atoms with Crippen LogP contribution in [0.15, 0.2) is 34.9 Å². The topological polar surface area (TPSA) is 90.2 Å². The molecule has 0 radical (unpaired) electrons. The number of aliphatic hydroxyl groups excluding tert-OH is 3. The normalized spacial score (nSPS) is 34.2. The molecule has 3 aliphatic rings. The fourth-order valence-electron chi connectivity index (χ4n) is 6.19. The molecule has 0 amide bonds. The molecule has 3 rings (SSSR count). The van der Waals surface area contributed by atoms with Gasteiger partial charge in [0.05, 0.1) is 31.0 Å². The summed E-state index contributed by atoms with van der Waals surface area (Å²) in [6.45, 7) is 8.88. The summed E-state index contributed by atoms with van der Waals surface area (Å²) in [4.78, 5) is 0. The zero-order valence-corrected chi connectivity index (χ0v) is 22.3. The van der Waals surface area contributed by atoms with Crippen molar-refractivity contribution >= 4 is 11.8 Å². The Morgan fingerprint density at radius 1 is 1.21 bits per heavy atom. The lowest BCUT2D eigenvalue weighted by Gasteiger charge is -2.42. The van der Waals surface area contributed by atoms with Crippen molar-refractivity contribution < 1.29 is 25.2 Å². The monoisotopic (exact) mass is 494 g/mol. The molecule has 34 heavy (non-hydrogen) atoms. The highest BCUT2D eigenvalue weighted by Gasteiger charge is 2.46. The average Bonchev–Trinajstić information content (AvgIpc) is 3.18. The molecular formula is C28H46O5S. The second-order valence-electron chi connectivity index (χ2n) is 10.8. The molecule has 0 aliphatic heterocycles. The van der Waals surface area contributed by atoms with E-state index in [0.29, 0.717) is 24.0 Å². The molecule has 0 saturated heterocycles. The van der Waals surface area contributed by atoms with Crippen molar-refractivity contribution in [3.63, 3.8) is 0 Å². The first-order valence-corrected chi connectivity index (χ1v) is 14.2. The van der Waals surface area contributed by atoms with E-state index in [-0.39, 0.29) is 18.6 Å². The van der Waals surface area contributed by atoms with Gasteiger partial charge in [-0.1, -0.05) is 55.7 Å². The van der Waals surface area contributed by atoms with Gasteiger partial charge in [-0.25, -0.2) is 0 Å². The van der Waals surface area contributed by atoms with Crippen LogP contribution in [0, 0.1) is 11.3 Å². The molecular weight excluding hydrogens is 448 g/mol. The highest BCUT2D eigenvalue weighted by Crippen LogP contribution is 2.57. The van der Waals surface area contributed by atoms with E-state index in [1.165, 1.54) is 18.4 Å². The first kappa shape index (κ1) is 27.9. The van der Waals surface area contributed by atoms with E-state index in [4.69, 9.17) is 9.84 Å². The number of hydrogen-bond donors (Lipinski definition) is 4. The third-order valence-electron chi connectivity index (χ3n) is 8.60. The van der Waals surface area contributed by atoms with Gasteiger partial charge in [0.15, 0.2) is 0 Å². The molecule has 6 heteroatoms. The van der Waals surface area contributed by atoms with Crippen molar-refractivity contribution in [3.8, 4) is 0 Å². The quantitative estimate of drug-likeness (QED) is 0.333. The van der Waals surface area contributed by atoms with Gasteiger partial charge in [0.2, 0.25) is 0 Å². The van der Waals surface area contributed by atoms with Crippen LogP contribution in [0.3, 0.4) is 0 Å². The van der Waals surface area contributed by atoms with Crippen molar-refractivity contribution in [1.29, 1.82) is 0 Å². The van der Waals surface area contributed by atoms with Gasteiger partial charge >= 0.3 is 0 Å². The van der Waals surface area contributed by atoms with Crippen LogP contribution in [0.4, 0.5) is 0 Å². The summed E-state index contributed by atoms with van der Waals surface area (Å²) < 4.78 is 5.44. The number of fused-ring (bicyclic) bond motifs is 1. The van der Waals surface area contributed by atoms with Gasteiger partial charge in [-0.05, 0) is 69.6 Å². The predicted octanol–water partition coefficient (Wildman–Crippen LogP) is 4.54. The zero-order chi connectivity index (χ0) is 24.9. The Kier molecular flexibility index (Phi) is 9.92. The second kappa shape index (κ2) is 12.1. The van der Waals surface area contributed by atoms with E-state index in [9.17, 15) is 15.3 Å². The Hall–Kier alpha value is -0.630. The van der Waals surface area contributed by atoms with E-state index in [0.717, 1.165) is 37.0 Å². The predicted molar refractivity (Wildman–Crippen MR) is 140 cm³/mol. The van der Waals surface area contributed by atoms with E-state index in [2.05, 4.69) is 45.9 Å². The Bertz CT molecular complexity index is 757. The zero-order valence-electron chi connectivity index (χ0n) is 21.5. The van der Waals surface area contributed by atoms with Gasteiger partial charge in [0.25, 0.3) is 0 Å². The van der Waals surface area contributed by atoms with Crippen LogP contribution in [0.1, 0.15) is 79.1 Å². The molecule has 2 unspecified atom stereocenters. The van der Waals surface area contributed by atoms with E-state index < -0.39 is 23.9 Å². The number of allylic oxidation sites excluding steroid dienone is 4. The van der Waals surface area contributed by atoms with E-state index >= 15 is 0 Å². The Morgan fingerprint density at radius 3 is 2.50 bits per heavy atom. The van der Waals surface area contributed by atoms with Gasteiger partial charge < -0.3 is 25.2 Å². The maximum absolute atomic E-state index is 10.7. The van der Waals surface area contributed by atoms with Crippen molar-refractivity contribution in [2.24, 2.45) is 11.3 Å². The lowest BCUT2D eigenvalue weighted by Crippen LogP contribution is -2.44. The Labute approximate surface area is 210 Å². The summed E-state index contributed by atoms with van der Waals surface area (Å²) in [6, 6.07) is 0. The van der Waals surface area contributed by atoms with Gasteiger partial charge in [-0.3, -0.25) is 0 Å². The number of rotatable bonds is 10. The van der Waals surface area contributed by atoms with Gasteiger partial charge in [-0.2, -0.15) is 11.8 Å². The lowest BCUT2D eigenvalue weighted by atomic mass is 9.64. The number of aliphatic hydroxyl groups is 4. The summed E-state index contributed by atoms with van der Waals surface area (Å²) in [6.07, 6.45) is 11.8. The van der Waals surface area contributed by atoms with Crippen molar-refractivity contribution in [3.05, 3.63) is 34.9 Å². The molecule has 5 nitrogen and oxygen atoms in total. The third-order valence-corrected chi connectivity index (χ3v) is 10.1. The molecule has 3 aliphatic carbocycles. The molecule has 4 N–H and O–H groups in total. The third kappa shape index (κ3) is 6.19. The van der Waals surface area contributed by atoms with Crippen molar-refractivity contribution in [2.75, 3.05) is 19.0 Å². The van der Waals surface area contributed by atoms with Gasteiger partial charge in [-0.15, -0.1) is 0 Å². The molecule has 0 bridgehead atoms. The average molecular weight is 495 g/mol. The first-order valence-electron chi connectivity index (χ1n) is 13.2. The van der Waals surface area contributed by atoms with Crippen LogP contribution in [0.2, 0.25) is 0 Å². The minimum Gasteiger partial charge on any atom is -0.394 e. The van der Waals surface area contributed by atoms with E-state index in [1.54, 1.807) is 5.57 Å². The summed E-state index contributed by atoms with van der Waals surface area (Å²) in [7, 11) is 0. The summed E-state index contributed by atoms with van der Waals surface area (Å²) in [5, 5.41) is 41.0. The fraction of sp³-hybridized carbons (Fsp3) is 0.786. The molecule has 0 spiro atoms. The van der Waals surface area contributed by atoms with Gasteiger partial charge in [0.1, 0.15) is 6.10 Å². The number of ether oxygens (including phenoxy) is 1. The number of thioether (sulfide) groups is 1. The largest absolute Gasteiger partial charge is 0.394 e. The summed E-state index contributed by atoms with van der Waals surface area (Å²) in [5.74, 6) is 1.29. The SMILES string of the molecule is CCC(O)(CC)CS[C@@H](C)C1=CCC2/C(=C\C=C3C[C@@H](O)C(OCCO)[C@H](O)C3)CCCC12C. The van der Waals surface area contributed by atoms with Crippen LogP contribution in [-0.2, 0) is 4.74 Å². The molecule has 0 aromatic carbocycles. The maximum atomic E-state index is 10.7. The van der Waals surface area contributed by atoms with Crippen LogP contribution in [-0.4, -0.2) is 68.6 Å². The summed E-state index contributed by atoms with van der Waals surface area (Å²) in [5.41, 5.74) is 3.67. The molecule has 0 aromatic rings. The van der Waals surface area contributed by atoms with Gasteiger partial charge in [0, 0.05) is 11.0 Å². The minimum absolute atomic E-state index is 0.115. The highest BCUT2D eigenvalue weighted by atomic mass is 32.2. The fourth-order valence-corrected chi connectivity index (χ4v) is 7.70. The van der Waals surface area contributed by atoms with Crippen LogP contribution < -0.4 is 0 Å². The lowest BCUT2D eigenvalue weighted by molar-refractivity contribution is -0.115. The molecule has 0 aromatic heterocycles. The molecule has 2 fully saturated rings. The second-order valence-corrected chi connectivity index (χ2v) is 12.1. The van der Waals surface area contributed by atoms with Crippen LogP contribution >= 0.6 is 11.8 Å². The van der Waals surface area contributed by atoms with Crippen LogP contribution in [0.5, 0.6) is 0 Å². The van der Waals surface area contributed by atoms with Crippen molar-refractivity contribution in [1.82, 2.24) is 0 Å². The minimum atomic E-state index is -0.751. The van der Waals surface area contributed by atoms with E-state index in [1.807, 2.05) is 11.8 Å². The Balaban J connectivity index is 1.67. The molecule has 5 atom stereocenters. The van der Waals surface area contributed by atoms with Crippen molar-refractivity contribution in [2.45, 2.75) is 108 Å². The number of hydrogen-bond acceptors (Lipinski definition) is 6. The highest BCUT2D eigenvalue weighted by molar-refractivity contribution is 8.00. The summed E-state index contributed by atoms with van der Waals surface area (Å²) >= 11 is 1.89. The first-order chi connectivity index (χ1) is 16.2. The molecule has 194 valence electrons. The molecule has 2 saturated carbocycles. The molecule has 0 heterocycles. The smallest absolute Gasteiger partial charge is 0.110 e. The standard InChI is InChI=1S/C28H46O5S/c1-5-28(32,6-2)18-34-19(3)22-11-12-23-21(8-7-13-27(22,23)4)10-9-20-16-24(30)26(25(31)17-20)33-15-14-29/h9-11,19,23-26,29-32H,5-8,12-18H2,1-4H3/b20-9?,21-10-/t19-,23?,24+,25+,26?,27?/m0/s1. The maximum Gasteiger partial charge on any atom is 0.110 e. The van der Waals surface area contributed by atoms with Crippen LogP contribution in [0.25, 0.3) is 0 Å². The Morgan fingerprint density at radius 2 is 1.88 bits per heavy atom.